The van der Waals surface area contributed by atoms with Gasteiger partial charge in [-0.2, -0.15) is 4.39 Å². The van der Waals surface area contributed by atoms with Crippen molar-refractivity contribution in [1.82, 2.24) is 10.2 Å². The quantitative estimate of drug-likeness (QED) is 0.656. The molecule has 1 atom stereocenters. The molecule has 0 saturated carbocycles. The van der Waals surface area contributed by atoms with Crippen molar-refractivity contribution in [3.8, 4) is 0 Å². The number of nitro benzene ring substituents is 1. The predicted molar refractivity (Wildman–Crippen MR) is 65.9 cm³/mol. The van der Waals surface area contributed by atoms with Gasteiger partial charge >= 0.3 is 5.69 Å². The van der Waals surface area contributed by atoms with Gasteiger partial charge < -0.3 is 5.32 Å². The molecule has 1 saturated heterocycles. The molecule has 0 radical (unpaired) electrons. The summed E-state index contributed by atoms with van der Waals surface area (Å²) in [6.45, 7) is 3.00. The highest BCUT2D eigenvalue weighted by molar-refractivity contribution is 5.81. The molecule has 1 fully saturated rings. The lowest BCUT2D eigenvalue weighted by molar-refractivity contribution is -0.387. The average Bonchev–Trinajstić information content (AvgIpc) is 2.37. The molecule has 6 nitrogen and oxygen atoms in total. The molecule has 1 unspecified atom stereocenters. The Hall–Kier alpha value is -2.02. The Morgan fingerprint density at radius 1 is 1.58 bits per heavy atom. The Labute approximate surface area is 109 Å². The number of amides is 1. The first-order valence-corrected chi connectivity index (χ1v) is 5.94. The van der Waals surface area contributed by atoms with E-state index in [-0.39, 0.29) is 24.1 Å². The molecule has 0 aromatic heterocycles. The summed E-state index contributed by atoms with van der Waals surface area (Å²) < 4.78 is 13.9. The first-order chi connectivity index (χ1) is 9.00. The summed E-state index contributed by atoms with van der Waals surface area (Å²) in [6.07, 6.45) is 0. The summed E-state index contributed by atoms with van der Waals surface area (Å²) in [4.78, 5) is 23.2. The van der Waals surface area contributed by atoms with Crippen LogP contribution in [-0.2, 0) is 11.3 Å². The van der Waals surface area contributed by atoms with Gasteiger partial charge in [0, 0.05) is 31.3 Å². The third-order valence-corrected chi connectivity index (χ3v) is 3.25. The van der Waals surface area contributed by atoms with Crippen LogP contribution in [-0.4, -0.2) is 34.9 Å². The lowest BCUT2D eigenvalue weighted by Crippen LogP contribution is -2.53. The van der Waals surface area contributed by atoms with Crippen LogP contribution < -0.4 is 5.32 Å². The molecule has 1 heterocycles. The third kappa shape index (κ3) is 2.70. The van der Waals surface area contributed by atoms with E-state index in [4.69, 9.17) is 0 Å². The van der Waals surface area contributed by atoms with E-state index in [2.05, 4.69) is 5.32 Å². The zero-order chi connectivity index (χ0) is 14.0. The number of carbonyl (C=O) groups is 1. The fourth-order valence-corrected chi connectivity index (χ4v) is 2.09. The Kier molecular flexibility index (Phi) is 3.75. The van der Waals surface area contributed by atoms with E-state index < -0.39 is 16.4 Å². The highest BCUT2D eigenvalue weighted by atomic mass is 19.1. The molecule has 102 valence electrons. The maximum atomic E-state index is 13.9. The highest BCUT2D eigenvalue weighted by Gasteiger charge is 2.27. The normalized spacial score (nSPS) is 20.1. The van der Waals surface area contributed by atoms with Gasteiger partial charge in [0.2, 0.25) is 11.7 Å². The van der Waals surface area contributed by atoms with E-state index in [1.807, 2.05) is 0 Å². The molecule has 19 heavy (non-hydrogen) atoms. The van der Waals surface area contributed by atoms with Gasteiger partial charge in [0.25, 0.3) is 0 Å². The lowest BCUT2D eigenvalue weighted by atomic mass is 10.1. The molecule has 1 aromatic carbocycles. The van der Waals surface area contributed by atoms with Crippen molar-refractivity contribution in [3.05, 3.63) is 39.7 Å². The van der Waals surface area contributed by atoms with Gasteiger partial charge in [-0.1, -0.05) is 12.1 Å². The smallest absolute Gasteiger partial charge is 0.305 e. The standard InChI is InChI=1S/C12H14FN3O3/c1-8-12(17)14-5-6-15(8)7-9-3-2-4-10(11(9)13)16(18)19/h2-4,8H,5-7H2,1H3,(H,14,17). The second-order valence-electron chi connectivity index (χ2n) is 4.44. The van der Waals surface area contributed by atoms with Crippen molar-refractivity contribution >= 4 is 11.6 Å². The van der Waals surface area contributed by atoms with Crippen LogP contribution in [0.3, 0.4) is 0 Å². The summed E-state index contributed by atoms with van der Waals surface area (Å²) in [5.41, 5.74) is -0.303. The molecule has 1 amide bonds. The number of nitro groups is 1. The van der Waals surface area contributed by atoms with Crippen LogP contribution in [0.5, 0.6) is 0 Å². The minimum absolute atomic E-state index is 0.114. The molecule has 7 heteroatoms. The largest absolute Gasteiger partial charge is 0.353 e. The molecule has 1 aromatic rings. The number of rotatable bonds is 3. The topological polar surface area (TPSA) is 75.5 Å². The van der Waals surface area contributed by atoms with Gasteiger partial charge in [-0.15, -0.1) is 0 Å². The van der Waals surface area contributed by atoms with Crippen LogP contribution in [0.25, 0.3) is 0 Å². The Balaban J connectivity index is 2.21. The SMILES string of the molecule is CC1C(=O)NCCN1Cc1cccc([N+](=O)[O-])c1F. The van der Waals surface area contributed by atoms with Gasteiger partial charge in [-0.25, -0.2) is 0 Å². The molecular formula is C12H14FN3O3. The molecule has 1 N–H and O–H groups in total. The van der Waals surface area contributed by atoms with E-state index in [9.17, 15) is 19.3 Å². The summed E-state index contributed by atoms with van der Waals surface area (Å²) in [6, 6.07) is 3.71. The lowest BCUT2D eigenvalue weighted by Gasteiger charge is -2.32. The van der Waals surface area contributed by atoms with Crippen LogP contribution >= 0.6 is 0 Å². The molecular weight excluding hydrogens is 253 g/mol. The first kappa shape index (κ1) is 13.4. The van der Waals surface area contributed by atoms with E-state index in [0.29, 0.717) is 13.1 Å². The number of nitrogens with one attached hydrogen (secondary N) is 1. The van der Waals surface area contributed by atoms with E-state index in [1.165, 1.54) is 12.1 Å². The van der Waals surface area contributed by atoms with E-state index >= 15 is 0 Å². The maximum Gasteiger partial charge on any atom is 0.305 e. The Morgan fingerprint density at radius 2 is 2.32 bits per heavy atom. The number of halogens is 1. The minimum Gasteiger partial charge on any atom is -0.353 e. The van der Waals surface area contributed by atoms with E-state index in [1.54, 1.807) is 11.8 Å². The second-order valence-corrected chi connectivity index (χ2v) is 4.44. The highest BCUT2D eigenvalue weighted by Crippen LogP contribution is 2.22. The molecule has 2 rings (SSSR count). The van der Waals surface area contributed by atoms with E-state index in [0.717, 1.165) is 6.07 Å². The summed E-state index contributed by atoms with van der Waals surface area (Å²) in [7, 11) is 0. The average molecular weight is 267 g/mol. The fraction of sp³-hybridized carbons (Fsp3) is 0.417. The number of piperazine rings is 1. The summed E-state index contributed by atoms with van der Waals surface area (Å²) >= 11 is 0. The first-order valence-electron chi connectivity index (χ1n) is 5.94. The molecule has 1 aliphatic rings. The Morgan fingerprint density at radius 3 is 3.00 bits per heavy atom. The number of benzene rings is 1. The van der Waals surface area contributed by atoms with Crippen molar-refractivity contribution < 1.29 is 14.1 Å². The van der Waals surface area contributed by atoms with Crippen molar-refractivity contribution in [3.63, 3.8) is 0 Å². The minimum atomic E-state index is -0.828. The van der Waals surface area contributed by atoms with Gasteiger partial charge in [0.15, 0.2) is 0 Å². The number of hydrogen-bond donors (Lipinski definition) is 1. The van der Waals surface area contributed by atoms with Crippen LogP contribution in [0.4, 0.5) is 10.1 Å². The third-order valence-electron chi connectivity index (χ3n) is 3.25. The van der Waals surface area contributed by atoms with Crippen LogP contribution in [0.1, 0.15) is 12.5 Å². The van der Waals surface area contributed by atoms with Crippen molar-refractivity contribution in [1.29, 1.82) is 0 Å². The van der Waals surface area contributed by atoms with Crippen molar-refractivity contribution in [2.24, 2.45) is 0 Å². The zero-order valence-electron chi connectivity index (χ0n) is 10.4. The van der Waals surface area contributed by atoms with Crippen molar-refractivity contribution in [2.45, 2.75) is 19.5 Å². The summed E-state index contributed by atoms with van der Waals surface area (Å²) in [5.74, 6) is -0.942. The molecule has 0 bridgehead atoms. The van der Waals surface area contributed by atoms with Gasteiger partial charge in [0.1, 0.15) is 0 Å². The number of hydrogen-bond acceptors (Lipinski definition) is 4. The number of carbonyl (C=O) groups excluding carboxylic acids is 1. The van der Waals surface area contributed by atoms with Gasteiger partial charge in [0.05, 0.1) is 11.0 Å². The van der Waals surface area contributed by atoms with Crippen LogP contribution in [0.15, 0.2) is 18.2 Å². The van der Waals surface area contributed by atoms with Gasteiger partial charge in [-0.05, 0) is 6.92 Å². The molecule has 0 spiro atoms. The summed E-state index contributed by atoms with van der Waals surface area (Å²) in [5, 5.41) is 13.4. The van der Waals surface area contributed by atoms with Gasteiger partial charge in [-0.3, -0.25) is 19.8 Å². The molecule has 1 aliphatic heterocycles. The monoisotopic (exact) mass is 267 g/mol. The van der Waals surface area contributed by atoms with Crippen molar-refractivity contribution in [2.75, 3.05) is 13.1 Å². The second kappa shape index (κ2) is 5.31. The fourth-order valence-electron chi connectivity index (χ4n) is 2.09. The Bertz CT molecular complexity index is 521. The molecule has 0 aliphatic carbocycles. The maximum absolute atomic E-state index is 13.9. The van der Waals surface area contributed by atoms with Crippen LogP contribution in [0.2, 0.25) is 0 Å². The van der Waals surface area contributed by atoms with Crippen LogP contribution in [0, 0.1) is 15.9 Å². The number of nitrogens with zero attached hydrogens (tertiary/aromatic N) is 2. The zero-order valence-corrected chi connectivity index (χ0v) is 10.4. The predicted octanol–water partition coefficient (Wildman–Crippen LogP) is 1.05.